The molecule has 150 valence electrons. The number of fused-ring (bicyclic) bond motifs is 1. The van der Waals surface area contributed by atoms with Crippen LogP contribution in [0.25, 0.3) is 16.6 Å². The van der Waals surface area contributed by atoms with Crippen molar-refractivity contribution in [1.82, 2.24) is 24.5 Å². The van der Waals surface area contributed by atoms with Gasteiger partial charge in [-0.05, 0) is 19.3 Å². The Balaban J connectivity index is 1.58. The number of aromatic nitrogens is 5. The Morgan fingerprint density at radius 1 is 1.21 bits per heavy atom. The van der Waals surface area contributed by atoms with Crippen molar-refractivity contribution in [2.45, 2.75) is 51.1 Å². The third-order valence-corrected chi connectivity index (χ3v) is 6.66. The van der Waals surface area contributed by atoms with E-state index in [1.165, 1.54) is 12.8 Å². The molecule has 1 aliphatic heterocycles. The minimum absolute atomic E-state index is 0.122. The second-order valence-electron chi connectivity index (χ2n) is 7.55. The van der Waals surface area contributed by atoms with Crippen LogP contribution in [0.1, 0.15) is 39.0 Å². The van der Waals surface area contributed by atoms with Crippen molar-refractivity contribution in [3.63, 3.8) is 0 Å². The molecule has 5 rings (SSSR count). The van der Waals surface area contributed by atoms with E-state index >= 15 is 0 Å². The number of amides is 1. The first-order chi connectivity index (χ1) is 14.2. The molecule has 1 amide bonds. The van der Waals surface area contributed by atoms with Gasteiger partial charge >= 0.3 is 0 Å². The molecule has 1 unspecified atom stereocenters. The van der Waals surface area contributed by atoms with E-state index in [1.54, 1.807) is 35.0 Å². The highest BCUT2D eigenvalue weighted by molar-refractivity contribution is 7.13. The van der Waals surface area contributed by atoms with E-state index in [4.69, 9.17) is 4.98 Å². The first kappa shape index (κ1) is 18.2. The topological polar surface area (TPSA) is 80.0 Å². The summed E-state index contributed by atoms with van der Waals surface area (Å²) in [4.78, 5) is 35.2. The number of likely N-dealkylation sites (N-methyl/N-ethyl adjacent to an activating group) is 1. The molecule has 1 atom stereocenters. The molecule has 9 heteroatoms. The van der Waals surface area contributed by atoms with Crippen LogP contribution in [0.4, 0.5) is 11.5 Å². The van der Waals surface area contributed by atoms with Crippen molar-refractivity contribution in [2.24, 2.45) is 0 Å². The highest BCUT2D eigenvalue weighted by atomic mass is 32.1. The second-order valence-corrected chi connectivity index (χ2v) is 8.44. The third kappa shape index (κ3) is 3.00. The van der Waals surface area contributed by atoms with Crippen molar-refractivity contribution < 1.29 is 4.79 Å². The van der Waals surface area contributed by atoms with Gasteiger partial charge in [-0.3, -0.25) is 9.36 Å². The third-order valence-electron chi connectivity index (χ3n) is 5.86. The number of anilines is 2. The summed E-state index contributed by atoms with van der Waals surface area (Å²) < 4.78 is 1.82. The maximum atomic E-state index is 13.0. The van der Waals surface area contributed by atoms with Gasteiger partial charge in [0.25, 0.3) is 0 Å². The van der Waals surface area contributed by atoms with Crippen LogP contribution in [0.3, 0.4) is 0 Å². The van der Waals surface area contributed by atoms with Gasteiger partial charge in [0, 0.05) is 30.9 Å². The van der Waals surface area contributed by atoms with E-state index in [2.05, 4.69) is 26.8 Å². The Morgan fingerprint density at radius 2 is 2.03 bits per heavy atom. The first-order valence-electron chi connectivity index (χ1n) is 10.0. The predicted molar refractivity (Wildman–Crippen MR) is 112 cm³/mol. The smallest absolute Gasteiger partial charge is 0.249 e. The van der Waals surface area contributed by atoms with Crippen LogP contribution >= 0.6 is 11.3 Å². The van der Waals surface area contributed by atoms with E-state index in [9.17, 15) is 4.79 Å². The van der Waals surface area contributed by atoms with Crippen LogP contribution in [0.15, 0.2) is 30.3 Å². The molecule has 0 radical (unpaired) electrons. The lowest BCUT2D eigenvalue weighted by molar-refractivity contribution is -0.120. The Kier molecular flexibility index (Phi) is 4.54. The largest absolute Gasteiger partial charge is 0.340 e. The summed E-state index contributed by atoms with van der Waals surface area (Å²) in [5.74, 6) is 1.52. The lowest BCUT2D eigenvalue weighted by Gasteiger charge is -2.43. The Hall–Kier alpha value is -2.81. The maximum Gasteiger partial charge on any atom is 0.249 e. The zero-order valence-corrected chi connectivity index (χ0v) is 17.3. The lowest BCUT2D eigenvalue weighted by Crippen LogP contribution is -2.55. The van der Waals surface area contributed by atoms with Gasteiger partial charge in [-0.1, -0.05) is 19.8 Å². The van der Waals surface area contributed by atoms with Gasteiger partial charge in [0.15, 0.2) is 5.82 Å². The number of nitrogens with zero attached hydrogens (tertiary/aromatic N) is 7. The molecule has 1 saturated carbocycles. The van der Waals surface area contributed by atoms with E-state index in [-0.39, 0.29) is 11.9 Å². The predicted octanol–water partition coefficient (Wildman–Crippen LogP) is 3.29. The molecule has 4 heterocycles. The minimum atomic E-state index is -0.174. The van der Waals surface area contributed by atoms with Crippen LogP contribution in [0, 0.1) is 0 Å². The van der Waals surface area contributed by atoms with Crippen molar-refractivity contribution in [3.05, 3.63) is 30.3 Å². The minimum Gasteiger partial charge on any atom is -0.340 e. The van der Waals surface area contributed by atoms with E-state index in [0.717, 1.165) is 41.5 Å². The van der Waals surface area contributed by atoms with Crippen LogP contribution < -0.4 is 9.80 Å². The fraction of sp³-hybridized carbons (Fsp3) is 0.450. The number of hydrogen-bond acceptors (Lipinski definition) is 7. The molecule has 2 aliphatic rings. The van der Waals surface area contributed by atoms with Crippen LogP contribution in [-0.2, 0) is 4.79 Å². The molecule has 1 aliphatic carbocycles. The first-order valence-corrected chi connectivity index (χ1v) is 10.9. The van der Waals surface area contributed by atoms with E-state index in [0.29, 0.717) is 12.0 Å². The normalized spacial score (nSPS) is 19.8. The standard InChI is InChI=1S/C20H23N7OS/c1-3-15-19(28)25(2)16-10-22-20(24-17(16)27(15)13-6-4-5-7-13)26-11-14(23-12-26)18-21-8-9-29-18/h8-13,15H,3-7H2,1-2H3. The fourth-order valence-electron chi connectivity index (χ4n) is 4.39. The van der Waals surface area contributed by atoms with E-state index < -0.39 is 0 Å². The van der Waals surface area contributed by atoms with Gasteiger partial charge in [-0.15, -0.1) is 11.3 Å². The molecular formula is C20H23N7OS. The molecule has 1 fully saturated rings. The maximum absolute atomic E-state index is 13.0. The molecule has 0 N–H and O–H groups in total. The number of hydrogen-bond donors (Lipinski definition) is 0. The molecule has 0 saturated heterocycles. The Bertz CT molecular complexity index is 1030. The number of thiazole rings is 1. The summed E-state index contributed by atoms with van der Waals surface area (Å²) in [6, 6.07) is 0.180. The van der Waals surface area contributed by atoms with Crippen LogP contribution in [0.5, 0.6) is 0 Å². The molecule has 29 heavy (non-hydrogen) atoms. The number of carbonyl (C=O) groups excluding carboxylic acids is 1. The van der Waals surface area contributed by atoms with Crippen LogP contribution in [-0.4, -0.2) is 49.5 Å². The lowest BCUT2D eigenvalue weighted by atomic mass is 10.0. The summed E-state index contributed by atoms with van der Waals surface area (Å²) in [6.07, 6.45) is 12.5. The zero-order valence-electron chi connectivity index (χ0n) is 16.5. The molecule has 3 aromatic heterocycles. The van der Waals surface area contributed by atoms with Crippen molar-refractivity contribution in [2.75, 3.05) is 16.8 Å². The van der Waals surface area contributed by atoms with Gasteiger partial charge in [-0.25, -0.2) is 15.0 Å². The van der Waals surface area contributed by atoms with Gasteiger partial charge in [-0.2, -0.15) is 4.98 Å². The van der Waals surface area contributed by atoms with Crippen molar-refractivity contribution in [3.8, 4) is 16.6 Å². The molecule has 8 nitrogen and oxygen atoms in total. The average Bonchev–Trinajstić information content (AvgIpc) is 3.51. The number of carbonyl (C=O) groups is 1. The van der Waals surface area contributed by atoms with Gasteiger partial charge in [0.05, 0.1) is 6.20 Å². The molecule has 0 aromatic carbocycles. The quantitative estimate of drug-likeness (QED) is 0.658. The summed E-state index contributed by atoms with van der Waals surface area (Å²) in [7, 11) is 1.82. The fourth-order valence-corrected chi connectivity index (χ4v) is 4.99. The SMILES string of the molecule is CCC1C(=O)N(C)c2cnc(-n3cnc(-c4nccs4)c3)nc2N1C1CCCC1. The number of rotatable bonds is 4. The summed E-state index contributed by atoms with van der Waals surface area (Å²) in [5, 5.41) is 2.80. The molecule has 0 spiro atoms. The Labute approximate surface area is 173 Å². The molecular weight excluding hydrogens is 386 g/mol. The zero-order chi connectivity index (χ0) is 20.0. The summed E-state index contributed by atoms with van der Waals surface area (Å²) in [6.45, 7) is 2.07. The average molecular weight is 410 g/mol. The van der Waals surface area contributed by atoms with Crippen molar-refractivity contribution >= 4 is 28.7 Å². The summed E-state index contributed by atoms with van der Waals surface area (Å²) >= 11 is 1.55. The summed E-state index contributed by atoms with van der Waals surface area (Å²) in [5.41, 5.74) is 1.57. The van der Waals surface area contributed by atoms with Crippen molar-refractivity contribution in [1.29, 1.82) is 0 Å². The highest BCUT2D eigenvalue weighted by Crippen LogP contribution is 2.39. The van der Waals surface area contributed by atoms with Gasteiger partial charge in [0.2, 0.25) is 11.9 Å². The number of imidazole rings is 1. The van der Waals surface area contributed by atoms with E-state index in [1.807, 2.05) is 23.2 Å². The van der Waals surface area contributed by atoms with Gasteiger partial charge in [0.1, 0.15) is 28.8 Å². The Morgan fingerprint density at radius 3 is 2.76 bits per heavy atom. The molecule has 0 bridgehead atoms. The molecule has 3 aromatic rings. The van der Waals surface area contributed by atoms with Gasteiger partial charge < -0.3 is 9.80 Å². The van der Waals surface area contributed by atoms with Crippen LogP contribution in [0.2, 0.25) is 0 Å². The monoisotopic (exact) mass is 409 g/mol. The second kappa shape index (κ2) is 7.22. The highest BCUT2D eigenvalue weighted by Gasteiger charge is 2.41.